The average molecular weight is 1030 g/mol. The summed E-state index contributed by atoms with van der Waals surface area (Å²) >= 11 is 0. The fourth-order valence-corrected chi connectivity index (χ4v) is 10.4. The lowest BCUT2D eigenvalue weighted by atomic mass is 10.0. The van der Waals surface area contributed by atoms with E-state index in [1.807, 2.05) is 0 Å². The van der Waals surface area contributed by atoms with Gasteiger partial charge in [0.25, 0.3) is 0 Å². The molecule has 1 amide bonds. The summed E-state index contributed by atoms with van der Waals surface area (Å²) in [6, 6.07) is -0.540. The maximum atomic E-state index is 12.5. The Labute approximate surface area is 456 Å². The Kier molecular flexibility index (Phi) is 61.4. The quantitative estimate of drug-likeness (QED) is 0.0320. The summed E-state index contributed by atoms with van der Waals surface area (Å²) in [5.41, 5.74) is 0. The molecule has 0 aromatic carbocycles. The van der Waals surface area contributed by atoms with Crippen LogP contribution in [0.1, 0.15) is 367 Å². The lowest BCUT2D eigenvalue weighted by Gasteiger charge is -2.22. The molecule has 0 heterocycles. The summed E-state index contributed by atoms with van der Waals surface area (Å²) in [5.74, 6) is -0.0276. The van der Waals surface area contributed by atoms with Crippen LogP contribution in [0, 0.1) is 0 Å². The van der Waals surface area contributed by atoms with Gasteiger partial charge in [0, 0.05) is 12.8 Å². The molecule has 0 aliphatic rings. The number of hydrogen-bond acceptors (Lipinski definition) is 5. The average Bonchev–Trinajstić information content (AvgIpc) is 3.39. The van der Waals surface area contributed by atoms with Crippen LogP contribution in [0.2, 0.25) is 0 Å². The summed E-state index contributed by atoms with van der Waals surface area (Å²) < 4.78 is 5.48. The zero-order valence-corrected chi connectivity index (χ0v) is 49.4. The maximum Gasteiger partial charge on any atom is 0.305 e. The third-order valence-corrected chi connectivity index (χ3v) is 15.5. The maximum absolute atomic E-state index is 12.5. The third kappa shape index (κ3) is 59.4. The molecular weight excluding hydrogens is 899 g/mol. The summed E-state index contributed by atoms with van der Waals surface area (Å²) in [5, 5.41) is 23.3. The van der Waals surface area contributed by atoms with Crippen molar-refractivity contribution in [2.24, 2.45) is 0 Å². The van der Waals surface area contributed by atoms with Crippen molar-refractivity contribution >= 4 is 11.9 Å². The summed E-state index contributed by atoms with van der Waals surface area (Å²) in [6.45, 7) is 4.95. The van der Waals surface area contributed by atoms with Crippen LogP contribution >= 0.6 is 0 Å². The van der Waals surface area contributed by atoms with Gasteiger partial charge < -0.3 is 20.3 Å². The minimum atomic E-state index is -0.663. The Bertz CT molecular complexity index is 1140. The molecule has 73 heavy (non-hydrogen) atoms. The van der Waals surface area contributed by atoms with Crippen LogP contribution in [-0.2, 0) is 14.3 Å². The van der Waals surface area contributed by atoms with Crippen molar-refractivity contribution in [1.82, 2.24) is 5.32 Å². The highest BCUT2D eigenvalue weighted by Crippen LogP contribution is 2.19. The molecule has 3 N–H and O–H groups in total. The second-order valence-corrected chi connectivity index (χ2v) is 22.8. The molecule has 0 fully saturated rings. The van der Waals surface area contributed by atoms with E-state index in [4.69, 9.17) is 4.74 Å². The number of carbonyl (C=O) groups excluding carboxylic acids is 2. The molecule has 0 saturated heterocycles. The lowest BCUT2D eigenvalue weighted by Crippen LogP contribution is -2.45. The van der Waals surface area contributed by atoms with Gasteiger partial charge >= 0.3 is 5.97 Å². The van der Waals surface area contributed by atoms with Crippen molar-refractivity contribution in [2.45, 2.75) is 379 Å². The van der Waals surface area contributed by atoms with Gasteiger partial charge in [-0.2, -0.15) is 0 Å². The minimum absolute atomic E-state index is 0.00293. The molecule has 0 aromatic rings. The minimum Gasteiger partial charge on any atom is -0.466 e. The molecule has 6 nitrogen and oxygen atoms in total. The van der Waals surface area contributed by atoms with E-state index in [2.05, 4.69) is 43.5 Å². The SMILES string of the molecule is CCCCC/C=C\C/C=C\CCCCCCCC(=O)OCCCCCCCCCCCCCCCCCCCCCCCCCCCC(=O)NC(CO)C(O)CCCCCCCCCCCCCCCCCC. The number of nitrogens with one attached hydrogen (secondary N) is 1. The first kappa shape index (κ1) is 71.3. The van der Waals surface area contributed by atoms with Crippen molar-refractivity contribution in [1.29, 1.82) is 0 Å². The number of allylic oxidation sites excluding steroid dienone is 4. The predicted molar refractivity (Wildman–Crippen MR) is 320 cm³/mol. The van der Waals surface area contributed by atoms with E-state index >= 15 is 0 Å². The lowest BCUT2D eigenvalue weighted by molar-refractivity contribution is -0.143. The molecule has 2 atom stereocenters. The molecule has 2 unspecified atom stereocenters. The highest BCUT2D eigenvalue weighted by Gasteiger charge is 2.20. The Balaban J connectivity index is 3.36. The normalized spacial score (nSPS) is 12.7. The Morgan fingerprint density at radius 2 is 0.685 bits per heavy atom. The second kappa shape index (κ2) is 62.9. The molecule has 0 aromatic heterocycles. The largest absolute Gasteiger partial charge is 0.466 e. The first-order chi connectivity index (χ1) is 36.0. The molecule has 0 aliphatic carbocycles. The van der Waals surface area contributed by atoms with E-state index < -0.39 is 12.1 Å². The van der Waals surface area contributed by atoms with Crippen LogP contribution < -0.4 is 5.32 Å². The third-order valence-electron chi connectivity index (χ3n) is 15.5. The van der Waals surface area contributed by atoms with Crippen LogP contribution in [0.15, 0.2) is 24.3 Å². The zero-order chi connectivity index (χ0) is 52.9. The number of rotatable bonds is 62. The standard InChI is InChI=1S/C67H129NO5/c1-3-5-7-9-11-13-15-17-19-32-35-39-43-47-51-55-59-65(70)64(63-69)68-66(71)60-56-52-48-44-40-36-33-29-27-25-23-21-20-22-24-26-28-30-34-38-42-46-50-54-58-62-73-67(72)61-57-53-49-45-41-37-31-18-16-14-12-10-8-6-4-2/h12,14,18,31,64-65,69-70H,3-11,13,15-17,19-30,32-63H2,1-2H3,(H,68,71)/b14-12-,31-18-. The van der Waals surface area contributed by atoms with Gasteiger partial charge in [0.05, 0.1) is 25.4 Å². The van der Waals surface area contributed by atoms with Crippen LogP contribution in [0.4, 0.5) is 0 Å². The van der Waals surface area contributed by atoms with Gasteiger partial charge in [0.1, 0.15) is 0 Å². The molecule has 6 heteroatoms. The molecule has 0 radical (unpaired) electrons. The number of carbonyl (C=O) groups is 2. The number of esters is 1. The van der Waals surface area contributed by atoms with Gasteiger partial charge in [-0.1, -0.05) is 321 Å². The highest BCUT2D eigenvalue weighted by atomic mass is 16.5. The van der Waals surface area contributed by atoms with E-state index in [0.29, 0.717) is 25.9 Å². The Morgan fingerprint density at radius 1 is 0.384 bits per heavy atom. The van der Waals surface area contributed by atoms with Gasteiger partial charge in [-0.3, -0.25) is 9.59 Å². The fourth-order valence-electron chi connectivity index (χ4n) is 10.4. The smallest absolute Gasteiger partial charge is 0.305 e. The van der Waals surface area contributed by atoms with E-state index in [1.54, 1.807) is 0 Å². The van der Waals surface area contributed by atoms with Crippen molar-refractivity contribution in [3.63, 3.8) is 0 Å². The summed E-state index contributed by atoms with van der Waals surface area (Å²) in [4.78, 5) is 24.6. The summed E-state index contributed by atoms with van der Waals surface area (Å²) in [6.07, 6.45) is 77.7. The van der Waals surface area contributed by atoms with Crippen molar-refractivity contribution in [3.05, 3.63) is 24.3 Å². The second-order valence-electron chi connectivity index (χ2n) is 22.8. The van der Waals surface area contributed by atoms with Crippen LogP contribution in [0.3, 0.4) is 0 Å². The van der Waals surface area contributed by atoms with Gasteiger partial charge in [-0.05, 0) is 57.8 Å². The topological polar surface area (TPSA) is 95.9 Å². The highest BCUT2D eigenvalue weighted by molar-refractivity contribution is 5.76. The van der Waals surface area contributed by atoms with E-state index in [1.165, 1.54) is 283 Å². The molecule has 432 valence electrons. The van der Waals surface area contributed by atoms with Gasteiger partial charge in [0.2, 0.25) is 5.91 Å². The zero-order valence-electron chi connectivity index (χ0n) is 49.4. The van der Waals surface area contributed by atoms with E-state index in [9.17, 15) is 19.8 Å². The number of hydrogen-bond donors (Lipinski definition) is 3. The molecule has 0 rings (SSSR count). The fraction of sp³-hybridized carbons (Fsp3) is 0.910. The van der Waals surface area contributed by atoms with Crippen LogP contribution in [0.5, 0.6) is 0 Å². The van der Waals surface area contributed by atoms with Crippen LogP contribution in [0.25, 0.3) is 0 Å². The van der Waals surface area contributed by atoms with Gasteiger partial charge in [-0.15, -0.1) is 0 Å². The molecule has 0 aliphatic heterocycles. The Hall–Kier alpha value is -1.66. The number of unbranched alkanes of at least 4 members (excludes halogenated alkanes) is 47. The number of aliphatic hydroxyl groups excluding tert-OH is 2. The molecule has 0 spiro atoms. The van der Waals surface area contributed by atoms with Gasteiger partial charge in [0.15, 0.2) is 0 Å². The van der Waals surface area contributed by atoms with Crippen molar-refractivity contribution in [3.8, 4) is 0 Å². The summed E-state index contributed by atoms with van der Waals surface area (Å²) in [7, 11) is 0. The Morgan fingerprint density at radius 3 is 1.07 bits per heavy atom. The number of amides is 1. The molecule has 0 bridgehead atoms. The first-order valence-corrected chi connectivity index (χ1v) is 33.1. The number of ether oxygens (including phenoxy) is 1. The first-order valence-electron chi connectivity index (χ1n) is 33.1. The van der Waals surface area contributed by atoms with Crippen LogP contribution in [-0.4, -0.2) is 47.4 Å². The monoisotopic (exact) mass is 1030 g/mol. The number of aliphatic hydroxyl groups is 2. The van der Waals surface area contributed by atoms with E-state index in [0.717, 1.165) is 51.4 Å². The van der Waals surface area contributed by atoms with E-state index in [-0.39, 0.29) is 18.5 Å². The predicted octanol–water partition coefficient (Wildman–Crippen LogP) is 21.0. The van der Waals surface area contributed by atoms with Crippen molar-refractivity contribution in [2.75, 3.05) is 13.2 Å². The molecule has 0 saturated carbocycles. The van der Waals surface area contributed by atoms with Crippen molar-refractivity contribution < 1.29 is 24.5 Å². The molecular formula is C67H129NO5. The van der Waals surface area contributed by atoms with Gasteiger partial charge in [-0.25, -0.2) is 0 Å².